The largest absolute Gasteiger partial charge is 0.380 e. The lowest BCUT2D eigenvalue weighted by Crippen LogP contribution is -2.02. The summed E-state index contributed by atoms with van der Waals surface area (Å²) in [4.78, 5) is 10.5. The number of nitrogens with zero attached hydrogens (tertiary/aromatic N) is 1. The Morgan fingerprint density at radius 3 is 2.55 bits per heavy atom. The van der Waals surface area contributed by atoms with Crippen molar-refractivity contribution in [1.29, 1.82) is 0 Å². The van der Waals surface area contributed by atoms with Gasteiger partial charge in [-0.1, -0.05) is 28.1 Å². The van der Waals surface area contributed by atoms with Crippen LogP contribution in [0.2, 0.25) is 0 Å². The highest BCUT2D eigenvalue weighted by molar-refractivity contribution is 9.11. The van der Waals surface area contributed by atoms with Gasteiger partial charge in [0.15, 0.2) is 0 Å². The standard InChI is InChI=1S/C13H9Br3N2O2/c14-9-4-5-11(10(15)6-9)17-7-8-2-1-3-12(13(8)16)18(19)20/h1-6,17H,7H2. The van der Waals surface area contributed by atoms with Crippen molar-refractivity contribution in [2.45, 2.75) is 6.54 Å². The minimum absolute atomic E-state index is 0.0687. The Labute approximate surface area is 141 Å². The average molecular weight is 465 g/mol. The van der Waals surface area contributed by atoms with Crippen molar-refractivity contribution in [2.75, 3.05) is 5.32 Å². The molecule has 0 aromatic heterocycles. The molecule has 0 aliphatic heterocycles. The first-order valence-corrected chi connectivity index (χ1v) is 7.97. The van der Waals surface area contributed by atoms with Crippen molar-refractivity contribution in [1.82, 2.24) is 0 Å². The summed E-state index contributed by atoms with van der Waals surface area (Å²) in [6.45, 7) is 0.489. The maximum atomic E-state index is 10.9. The van der Waals surface area contributed by atoms with Gasteiger partial charge in [-0.2, -0.15) is 0 Å². The van der Waals surface area contributed by atoms with E-state index in [9.17, 15) is 10.1 Å². The van der Waals surface area contributed by atoms with Gasteiger partial charge in [0.05, 0.1) is 4.92 Å². The number of nitro benzene ring substituents is 1. The number of nitro groups is 1. The van der Waals surface area contributed by atoms with Gasteiger partial charge in [-0.3, -0.25) is 10.1 Å². The monoisotopic (exact) mass is 462 g/mol. The number of rotatable bonds is 4. The molecule has 0 saturated heterocycles. The van der Waals surface area contributed by atoms with E-state index in [4.69, 9.17) is 0 Å². The van der Waals surface area contributed by atoms with E-state index in [2.05, 4.69) is 53.1 Å². The molecule has 0 saturated carbocycles. The van der Waals surface area contributed by atoms with E-state index < -0.39 is 4.92 Å². The molecule has 20 heavy (non-hydrogen) atoms. The van der Waals surface area contributed by atoms with E-state index in [0.29, 0.717) is 11.0 Å². The Kier molecular flexibility index (Phi) is 5.17. The van der Waals surface area contributed by atoms with Crippen LogP contribution < -0.4 is 5.32 Å². The van der Waals surface area contributed by atoms with Crippen LogP contribution in [0.5, 0.6) is 0 Å². The number of benzene rings is 2. The van der Waals surface area contributed by atoms with Gasteiger partial charge in [-0.05, 0) is 55.6 Å². The van der Waals surface area contributed by atoms with E-state index >= 15 is 0 Å². The zero-order valence-corrected chi connectivity index (χ0v) is 14.8. The van der Waals surface area contributed by atoms with Crippen molar-refractivity contribution in [2.24, 2.45) is 0 Å². The van der Waals surface area contributed by atoms with E-state index in [1.807, 2.05) is 24.3 Å². The Bertz CT molecular complexity index is 662. The predicted octanol–water partition coefficient (Wildman–Crippen LogP) is 5.49. The van der Waals surface area contributed by atoms with Gasteiger partial charge in [0.2, 0.25) is 0 Å². The molecular weight excluding hydrogens is 456 g/mol. The van der Waals surface area contributed by atoms with Gasteiger partial charge in [0.1, 0.15) is 4.47 Å². The van der Waals surface area contributed by atoms with Crippen molar-refractivity contribution < 1.29 is 4.92 Å². The molecule has 0 unspecified atom stereocenters. The zero-order valence-electron chi connectivity index (χ0n) is 10.1. The van der Waals surface area contributed by atoms with Crippen LogP contribution in [0.3, 0.4) is 0 Å². The minimum atomic E-state index is -0.400. The van der Waals surface area contributed by atoms with Crippen molar-refractivity contribution in [3.8, 4) is 0 Å². The number of halogens is 3. The van der Waals surface area contributed by atoms with Crippen LogP contribution in [0.15, 0.2) is 49.8 Å². The van der Waals surface area contributed by atoms with Gasteiger partial charge in [-0.15, -0.1) is 0 Å². The fraction of sp³-hybridized carbons (Fsp3) is 0.0769. The maximum absolute atomic E-state index is 10.9. The lowest BCUT2D eigenvalue weighted by Gasteiger charge is -2.10. The molecular formula is C13H9Br3N2O2. The van der Waals surface area contributed by atoms with Crippen LogP contribution in [0.1, 0.15) is 5.56 Å². The summed E-state index contributed by atoms with van der Waals surface area (Å²) < 4.78 is 2.41. The second kappa shape index (κ2) is 6.69. The molecule has 104 valence electrons. The van der Waals surface area contributed by atoms with Crippen molar-refractivity contribution >= 4 is 59.2 Å². The molecule has 0 aliphatic carbocycles. The highest BCUT2D eigenvalue weighted by Crippen LogP contribution is 2.30. The summed E-state index contributed by atoms with van der Waals surface area (Å²) in [5, 5.41) is 14.1. The molecule has 0 aliphatic rings. The molecule has 0 spiro atoms. The molecule has 2 aromatic rings. The maximum Gasteiger partial charge on any atom is 0.283 e. The fourth-order valence-electron chi connectivity index (χ4n) is 1.67. The van der Waals surface area contributed by atoms with Crippen LogP contribution in [0.25, 0.3) is 0 Å². The Morgan fingerprint density at radius 1 is 1.15 bits per heavy atom. The summed E-state index contributed by atoms with van der Waals surface area (Å²) in [5.74, 6) is 0. The highest BCUT2D eigenvalue weighted by atomic mass is 79.9. The third-order valence-corrected chi connectivity index (χ3v) is 4.72. The SMILES string of the molecule is O=[N+]([O-])c1cccc(CNc2ccc(Br)cc2Br)c1Br. The molecule has 0 fully saturated rings. The summed E-state index contributed by atoms with van der Waals surface area (Å²) >= 11 is 10.1. The van der Waals surface area contributed by atoms with Gasteiger partial charge < -0.3 is 5.32 Å². The lowest BCUT2D eigenvalue weighted by molar-refractivity contribution is -0.385. The molecule has 1 N–H and O–H groups in total. The molecule has 7 heteroatoms. The second-order valence-corrected chi connectivity index (χ2v) is 6.55. The van der Waals surface area contributed by atoms with Crippen molar-refractivity contribution in [3.63, 3.8) is 0 Å². The van der Waals surface area contributed by atoms with Gasteiger partial charge in [0.25, 0.3) is 5.69 Å². The molecule has 0 heterocycles. The summed E-state index contributed by atoms with van der Waals surface area (Å²) in [6.07, 6.45) is 0. The van der Waals surface area contributed by atoms with Gasteiger partial charge in [0, 0.05) is 27.2 Å². The number of nitrogens with one attached hydrogen (secondary N) is 1. The van der Waals surface area contributed by atoms with E-state index in [1.54, 1.807) is 6.07 Å². The molecule has 2 rings (SSSR count). The zero-order chi connectivity index (χ0) is 14.7. The molecule has 0 bridgehead atoms. The third-order valence-electron chi connectivity index (χ3n) is 2.66. The summed E-state index contributed by atoms with van der Waals surface area (Å²) in [7, 11) is 0. The van der Waals surface area contributed by atoms with E-state index in [1.165, 1.54) is 6.07 Å². The quantitative estimate of drug-likeness (QED) is 0.480. The molecule has 0 atom stereocenters. The molecule has 0 radical (unpaired) electrons. The summed E-state index contributed by atoms with van der Waals surface area (Å²) in [5.41, 5.74) is 1.82. The van der Waals surface area contributed by atoms with Crippen LogP contribution in [0, 0.1) is 10.1 Å². The van der Waals surface area contributed by atoms with E-state index in [-0.39, 0.29) is 5.69 Å². The highest BCUT2D eigenvalue weighted by Gasteiger charge is 2.14. The second-order valence-electron chi connectivity index (χ2n) is 3.99. The van der Waals surface area contributed by atoms with E-state index in [0.717, 1.165) is 20.2 Å². The normalized spacial score (nSPS) is 10.3. The van der Waals surface area contributed by atoms with Crippen LogP contribution in [0.4, 0.5) is 11.4 Å². The van der Waals surface area contributed by atoms with Crippen LogP contribution >= 0.6 is 47.8 Å². The van der Waals surface area contributed by atoms with Crippen LogP contribution in [-0.4, -0.2) is 4.92 Å². The minimum Gasteiger partial charge on any atom is -0.380 e. The topological polar surface area (TPSA) is 55.2 Å². The number of hydrogen-bond acceptors (Lipinski definition) is 3. The average Bonchev–Trinajstić information content (AvgIpc) is 2.39. The smallest absolute Gasteiger partial charge is 0.283 e. The van der Waals surface area contributed by atoms with Gasteiger partial charge >= 0.3 is 0 Å². The summed E-state index contributed by atoms with van der Waals surface area (Å²) in [6, 6.07) is 10.8. The predicted molar refractivity (Wildman–Crippen MR) is 90.0 cm³/mol. The fourth-order valence-corrected chi connectivity index (χ4v) is 3.40. The van der Waals surface area contributed by atoms with Gasteiger partial charge in [-0.25, -0.2) is 0 Å². The third kappa shape index (κ3) is 3.59. The number of hydrogen-bond donors (Lipinski definition) is 1. The molecule has 2 aromatic carbocycles. The first-order chi connectivity index (χ1) is 9.49. The Balaban J connectivity index is 2.19. The first-order valence-electron chi connectivity index (χ1n) is 5.59. The first kappa shape index (κ1) is 15.5. The molecule has 4 nitrogen and oxygen atoms in total. The van der Waals surface area contributed by atoms with Crippen LogP contribution in [-0.2, 0) is 6.54 Å². The lowest BCUT2D eigenvalue weighted by atomic mass is 10.2. The van der Waals surface area contributed by atoms with Crippen molar-refractivity contribution in [3.05, 3.63) is 65.5 Å². The Hall–Kier alpha value is -0.920. The molecule has 0 amide bonds. The Morgan fingerprint density at radius 2 is 1.90 bits per heavy atom. The number of anilines is 1.